The average molecular weight is 194 g/mol. The lowest BCUT2D eigenvalue weighted by molar-refractivity contribution is 0.0732. The maximum absolute atomic E-state index is 11.8. The summed E-state index contributed by atoms with van der Waals surface area (Å²) in [5, 5.41) is 8.76. The number of aliphatic hydroxyl groups excluding tert-OH is 1. The molecule has 4 heteroatoms. The van der Waals surface area contributed by atoms with Crippen LogP contribution >= 0.6 is 0 Å². The van der Waals surface area contributed by atoms with Crippen molar-refractivity contribution in [3.63, 3.8) is 0 Å². The molecule has 0 saturated carbocycles. The van der Waals surface area contributed by atoms with E-state index in [0.717, 1.165) is 0 Å². The molecule has 1 heterocycles. The van der Waals surface area contributed by atoms with Gasteiger partial charge in [0.25, 0.3) is 5.91 Å². The smallest absolute Gasteiger partial charge is 0.254 e. The normalized spacial score (nSPS) is 9.86. The van der Waals surface area contributed by atoms with Gasteiger partial charge in [0.15, 0.2) is 0 Å². The van der Waals surface area contributed by atoms with Crippen LogP contribution < -0.4 is 0 Å². The Balaban J connectivity index is 2.73. The summed E-state index contributed by atoms with van der Waals surface area (Å²) < 4.78 is 0. The van der Waals surface area contributed by atoms with Crippen molar-refractivity contribution in [1.29, 1.82) is 0 Å². The lowest BCUT2D eigenvalue weighted by atomic mass is 10.2. The second-order valence-electron chi connectivity index (χ2n) is 2.84. The zero-order valence-electron chi connectivity index (χ0n) is 8.18. The molecular weight excluding hydrogens is 180 g/mol. The third-order valence-corrected chi connectivity index (χ3v) is 1.97. The van der Waals surface area contributed by atoms with Crippen molar-refractivity contribution in [3.05, 3.63) is 30.1 Å². The quantitative estimate of drug-likeness (QED) is 0.761. The van der Waals surface area contributed by atoms with E-state index in [1.54, 1.807) is 29.4 Å². The van der Waals surface area contributed by atoms with E-state index < -0.39 is 0 Å². The molecule has 1 N–H and O–H groups in total. The highest BCUT2D eigenvalue weighted by atomic mass is 16.3. The highest BCUT2D eigenvalue weighted by molar-refractivity contribution is 5.94. The fraction of sp³-hybridized carbons (Fsp3) is 0.400. The summed E-state index contributed by atoms with van der Waals surface area (Å²) in [4.78, 5) is 17.2. The van der Waals surface area contributed by atoms with Crippen molar-refractivity contribution in [2.45, 2.75) is 6.92 Å². The number of rotatable bonds is 4. The predicted octanol–water partition coefficient (Wildman–Crippen LogP) is 0.536. The van der Waals surface area contributed by atoms with E-state index in [-0.39, 0.29) is 12.5 Å². The molecule has 0 saturated heterocycles. The molecule has 0 aliphatic heterocycles. The molecule has 1 aromatic rings. The van der Waals surface area contributed by atoms with Crippen LogP contribution in [0.4, 0.5) is 0 Å². The monoisotopic (exact) mass is 194 g/mol. The lowest BCUT2D eigenvalue weighted by Gasteiger charge is -2.19. The molecule has 0 aliphatic carbocycles. The first-order valence-electron chi connectivity index (χ1n) is 4.59. The first-order valence-corrected chi connectivity index (χ1v) is 4.59. The fourth-order valence-corrected chi connectivity index (χ4v) is 1.20. The zero-order chi connectivity index (χ0) is 10.4. The number of carbonyl (C=O) groups is 1. The van der Waals surface area contributed by atoms with Gasteiger partial charge in [0.1, 0.15) is 0 Å². The molecule has 76 valence electrons. The van der Waals surface area contributed by atoms with Crippen LogP contribution in [0.15, 0.2) is 24.5 Å². The minimum absolute atomic E-state index is 0.00926. The van der Waals surface area contributed by atoms with Gasteiger partial charge in [-0.3, -0.25) is 9.78 Å². The molecule has 0 fully saturated rings. The molecule has 0 spiro atoms. The number of hydrogen-bond donors (Lipinski definition) is 1. The summed E-state index contributed by atoms with van der Waals surface area (Å²) in [5.41, 5.74) is 0.607. The van der Waals surface area contributed by atoms with Gasteiger partial charge in [0, 0.05) is 31.0 Å². The Morgan fingerprint density at radius 1 is 1.50 bits per heavy atom. The Bertz CT molecular complexity index is 287. The SMILES string of the molecule is CCN(CCO)C(=O)c1ccncc1. The summed E-state index contributed by atoms with van der Waals surface area (Å²) in [6, 6.07) is 3.34. The first-order chi connectivity index (χ1) is 6.79. The fourth-order valence-electron chi connectivity index (χ4n) is 1.20. The van der Waals surface area contributed by atoms with Gasteiger partial charge in [-0.2, -0.15) is 0 Å². The minimum atomic E-state index is -0.0658. The van der Waals surface area contributed by atoms with Crippen LogP contribution in [0, 0.1) is 0 Å². The number of aliphatic hydroxyl groups is 1. The van der Waals surface area contributed by atoms with Gasteiger partial charge in [0.05, 0.1) is 6.61 Å². The number of pyridine rings is 1. The number of amides is 1. The van der Waals surface area contributed by atoms with Gasteiger partial charge in [-0.1, -0.05) is 0 Å². The Kier molecular flexibility index (Phi) is 4.07. The molecule has 1 amide bonds. The Hall–Kier alpha value is -1.42. The minimum Gasteiger partial charge on any atom is -0.395 e. The van der Waals surface area contributed by atoms with E-state index in [2.05, 4.69) is 4.98 Å². The second-order valence-corrected chi connectivity index (χ2v) is 2.84. The molecule has 0 aromatic carbocycles. The predicted molar refractivity (Wildman–Crippen MR) is 52.9 cm³/mol. The standard InChI is InChI=1S/C10H14N2O2/c1-2-12(7-8-13)10(14)9-3-5-11-6-4-9/h3-6,13H,2,7-8H2,1H3. The first kappa shape index (κ1) is 10.7. The van der Waals surface area contributed by atoms with Crippen molar-refractivity contribution in [3.8, 4) is 0 Å². The molecular formula is C10H14N2O2. The van der Waals surface area contributed by atoms with Crippen LogP contribution in [-0.2, 0) is 0 Å². The van der Waals surface area contributed by atoms with Crippen LogP contribution in [0.2, 0.25) is 0 Å². The van der Waals surface area contributed by atoms with Crippen LogP contribution in [0.1, 0.15) is 17.3 Å². The number of nitrogens with zero attached hydrogens (tertiary/aromatic N) is 2. The Morgan fingerprint density at radius 2 is 2.14 bits per heavy atom. The van der Waals surface area contributed by atoms with Crippen molar-refractivity contribution >= 4 is 5.91 Å². The van der Waals surface area contributed by atoms with E-state index in [1.165, 1.54) is 0 Å². The summed E-state index contributed by atoms with van der Waals surface area (Å²) in [5.74, 6) is -0.0658. The molecule has 0 unspecified atom stereocenters. The van der Waals surface area contributed by atoms with Crippen molar-refractivity contribution < 1.29 is 9.90 Å². The average Bonchev–Trinajstić information content (AvgIpc) is 2.26. The van der Waals surface area contributed by atoms with Gasteiger partial charge >= 0.3 is 0 Å². The Morgan fingerprint density at radius 3 is 2.64 bits per heavy atom. The third-order valence-electron chi connectivity index (χ3n) is 1.97. The van der Waals surface area contributed by atoms with E-state index in [9.17, 15) is 4.79 Å². The van der Waals surface area contributed by atoms with Gasteiger partial charge in [0.2, 0.25) is 0 Å². The van der Waals surface area contributed by atoms with Gasteiger partial charge in [-0.15, -0.1) is 0 Å². The van der Waals surface area contributed by atoms with E-state index in [4.69, 9.17) is 5.11 Å². The van der Waals surface area contributed by atoms with Crippen molar-refractivity contribution in [2.75, 3.05) is 19.7 Å². The van der Waals surface area contributed by atoms with E-state index >= 15 is 0 Å². The summed E-state index contributed by atoms with van der Waals surface area (Å²) in [7, 11) is 0. The van der Waals surface area contributed by atoms with Crippen molar-refractivity contribution in [1.82, 2.24) is 9.88 Å². The highest BCUT2D eigenvalue weighted by Gasteiger charge is 2.12. The van der Waals surface area contributed by atoms with Gasteiger partial charge in [-0.05, 0) is 19.1 Å². The van der Waals surface area contributed by atoms with Gasteiger partial charge < -0.3 is 10.0 Å². The van der Waals surface area contributed by atoms with Crippen molar-refractivity contribution in [2.24, 2.45) is 0 Å². The molecule has 14 heavy (non-hydrogen) atoms. The summed E-state index contributed by atoms with van der Waals surface area (Å²) in [6.45, 7) is 2.85. The molecule has 0 bridgehead atoms. The molecule has 0 radical (unpaired) electrons. The number of hydrogen-bond acceptors (Lipinski definition) is 3. The van der Waals surface area contributed by atoms with E-state index in [1.807, 2.05) is 6.92 Å². The molecule has 0 atom stereocenters. The van der Waals surface area contributed by atoms with Crippen LogP contribution in [0.5, 0.6) is 0 Å². The third kappa shape index (κ3) is 2.53. The zero-order valence-corrected chi connectivity index (χ0v) is 8.18. The summed E-state index contributed by atoms with van der Waals surface area (Å²) in [6.07, 6.45) is 3.17. The summed E-state index contributed by atoms with van der Waals surface area (Å²) >= 11 is 0. The number of likely N-dealkylation sites (N-methyl/N-ethyl adjacent to an activating group) is 1. The van der Waals surface area contributed by atoms with Crippen LogP contribution in [-0.4, -0.2) is 40.6 Å². The van der Waals surface area contributed by atoms with Crippen LogP contribution in [0.25, 0.3) is 0 Å². The second kappa shape index (κ2) is 5.34. The van der Waals surface area contributed by atoms with E-state index in [0.29, 0.717) is 18.7 Å². The maximum Gasteiger partial charge on any atom is 0.254 e. The largest absolute Gasteiger partial charge is 0.395 e. The van der Waals surface area contributed by atoms with Gasteiger partial charge in [-0.25, -0.2) is 0 Å². The Labute approximate surface area is 83.2 Å². The number of carbonyl (C=O) groups excluding carboxylic acids is 1. The molecule has 1 rings (SSSR count). The highest BCUT2D eigenvalue weighted by Crippen LogP contribution is 2.02. The molecule has 0 aliphatic rings. The molecule has 4 nitrogen and oxygen atoms in total. The van der Waals surface area contributed by atoms with Crippen LogP contribution in [0.3, 0.4) is 0 Å². The maximum atomic E-state index is 11.8. The number of aromatic nitrogens is 1. The topological polar surface area (TPSA) is 53.4 Å². The lowest BCUT2D eigenvalue weighted by Crippen LogP contribution is -2.33. The molecule has 1 aromatic heterocycles.